The van der Waals surface area contributed by atoms with Crippen molar-refractivity contribution < 1.29 is 4.79 Å². The molecule has 0 radical (unpaired) electrons. The summed E-state index contributed by atoms with van der Waals surface area (Å²) in [4.78, 5) is 11.7. The van der Waals surface area contributed by atoms with Crippen LogP contribution in [0.5, 0.6) is 0 Å². The Morgan fingerprint density at radius 1 is 1.38 bits per heavy atom. The summed E-state index contributed by atoms with van der Waals surface area (Å²) in [5.41, 5.74) is 4.97. The van der Waals surface area contributed by atoms with Crippen LogP contribution in [0.25, 0.3) is 0 Å². The van der Waals surface area contributed by atoms with Crippen LogP contribution >= 0.6 is 0 Å². The molecule has 0 saturated heterocycles. The molecule has 0 spiro atoms. The summed E-state index contributed by atoms with van der Waals surface area (Å²) < 4.78 is 1.82. The van der Waals surface area contributed by atoms with Gasteiger partial charge in [-0.1, -0.05) is 6.92 Å². The van der Waals surface area contributed by atoms with Gasteiger partial charge in [0.25, 0.3) is 0 Å². The van der Waals surface area contributed by atoms with Gasteiger partial charge in [0.1, 0.15) is 0 Å². The quantitative estimate of drug-likeness (QED) is 0.796. The average molecular weight is 223 g/mol. The fraction of sp³-hybridized carbons (Fsp3) is 0.583. The number of carbonyl (C=O) groups is 1. The van der Waals surface area contributed by atoms with E-state index in [1.807, 2.05) is 44.5 Å². The first-order valence-corrected chi connectivity index (χ1v) is 5.72. The van der Waals surface area contributed by atoms with E-state index in [-0.39, 0.29) is 11.9 Å². The van der Waals surface area contributed by atoms with E-state index in [0.717, 1.165) is 17.9 Å². The third kappa shape index (κ3) is 3.38. The van der Waals surface area contributed by atoms with Crippen LogP contribution in [0.4, 0.5) is 0 Å². The zero-order valence-corrected chi connectivity index (χ0v) is 10.5. The van der Waals surface area contributed by atoms with Gasteiger partial charge in [-0.15, -0.1) is 0 Å². The summed E-state index contributed by atoms with van der Waals surface area (Å²) in [5.74, 6) is 0.0378. The normalized spacial score (nSPS) is 12.5. The largest absolute Gasteiger partial charge is 0.314 e. The van der Waals surface area contributed by atoms with Crippen molar-refractivity contribution in [3.05, 3.63) is 23.5 Å². The van der Waals surface area contributed by atoms with Crippen LogP contribution < -0.4 is 10.7 Å². The Balaban J connectivity index is 2.52. The summed E-state index contributed by atoms with van der Waals surface area (Å²) in [6, 6.07) is 4.19. The number of nitrogens with one attached hydrogen (secondary N) is 2. The molecule has 2 N–H and O–H groups in total. The number of aromatic nitrogens is 1. The van der Waals surface area contributed by atoms with E-state index in [0.29, 0.717) is 6.42 Å². The van der Waals surface area contributed by atoms with Crippen LogP contribution in [0.3, 0.4) is 0 Å². The minimum atomic E-state index is 0.0378. The maximum absolute atomic E-state index is 11.7. The van der Waals surface area contributed by atoms with Gasteiger partial charge in [0, 0.05) is 23.9 Å². The Kier molecular flexibility index (Phi) is 4.55. The van der Waals surface area contributed by atoms with E-state index >= 15 is 0 Å². The minimum Gasteiger partial charge on any atom is -0.314 e. The number of aryl methyl sites for hydroxylation is 2. The van der Waals surface area contributed by atoms with Gasteiger partial charge in [-0.25, -0.2) is 0 Å². The van der Waals surface area contributed by atoms with Gasteiger partial charge in [-0.3, -0.25) is 14.9 Å². The highest BCUT2D eigenvalue weighted by atomic mass is 16.2. The number of rotatable bonds is 5. The van der Waals surface area contributed by atoms with Crippen LogP contribution in [0, 0.1) is 13.8 Å². The van der Waals surface area contributed by atoms with E-state index in [1.54, 1.807) is 0 Å². The maximum Gasteiger partial charge on any atom is 0.240 e. The molecular formula is C12H21N3O. The fourth-order valence-electron chi connectivity index (χ4n) is 1.71. The standard InChI is InChI=1S/C12H21N3O/c1-5-13-9(2)8-12(16)14-15-10(3)6-7-11(15)4/h6-7,9,13H,5,8H2,1-4H3,(H,14,16). The Bertz CT molecular complexity index is 338. The van der Waals surface area contributed by atoms with Crippen molar-refractivity contribution in [2.75, 3.05) is 12.0 Å². The second-order valence-corrected chi connectivity index (χ2v) is 4.15. The van der Waals surface area contributed by atoms with Gasteiger partial charge in [0.15, 0.2) is 0 Å². The van der Waals surface area contributed by atoms with Gasteiger partial charge in [0.05, 0.1) is 0 Å². The van der Waals surface area contributed by atoms with Crippen molar-refractivity contribution in [2.24, 2.45) is 0 Å². The fourth-order valence-corrected chi connectivity index (χ4v) is 1.71. The second-order valence-electron chi connectivity index (χ2n) is 4.15. The van der Waals surface area contributed by atoms with E-state index in [4.69, 9.17) is 0 Å². The van der Waals surface area contributed by atoms with Crippen molar-refractivity contribution in [3.8, 4) is 0 Å². The predicted octanol–water partition coefficient (Wildman–Crippen LogP) is 1.56. The summed E-state index contributed by atoms with van der Waals surface area (Å²) in [5, 5.41) is 3.22. The van der Waals surface area contributed by atoms with Crippen molar-refractivity contribution in [2.45, 2.75) is 40.2 Å². The molecule has 1 heterocycles. The lowest BCUT2D eigenvalue weighted by atomic mass is 10.2. The molecule has 1 rings (SSSR count). The topological polar surface area (TPSA) is 46.1 Å². The van der Waals surface area contributed by atoms with Gasteiger partial charge in [-0.05, 0) is 39.4 Å². The van der Waals surface area contributed by atoms with Crippen molar-refractivity contribution in [1.29, 1.82) is 0 Å². The number of hydrogen-bond acceptors (Lipinski definition) is 2. The smallest absolute Gasteiger partial charge is 0.240 e. The lowest BCUT2D eigenvalue weighted by Gasteiger charge is -2.14. The number of amides is 1. The van der Waals surface area contributed by atoms with Gasteiger partial charge >= 0.3 is 0 Å². The van der Waals surface area contributed by atoms with Crippen LogP contribution in [-0.2, 0) is 4.79 Å². The number of nitrogens with zero attached hydrogens (tertiary/aromatic N) is 1. The SMILES string of the molecule is CCNC(C)CC(=O)Nn1c(C)ccc1C. The second kappa shape index (κ2) is 5.70. The zero-order chi connectivity index (χ0) is 12.1. The van der Waals surface area contributed by atoms with Crippen LogP contribution in [0.1, 0.15) is 31.7 Å². The molecular weight excluding hydrogens is 202 g/mol. The molecule has 4 nitrogen and oxygen atoms in total. The van der Waals surface area contributed by atoms with Crippen LogP contribution in [0.2, 0.25) is 0 Å². The Labute approximate surface area is 97.0 Å². The molecule has 1 aromatic rings. The van der Waals surface area contributed by atoms with Crippen molar-refractivity contribution in [1.82, 2.24) is 9.99 Å². The van der Waals surface area contributed by atoms with E-state index in [9.17, 15) is 4.79 Å². The molecule has 90 valence electrons. The molecule has 0 fully saturated rings. The lowest BCUT2D eigenvalue weighted by Crippen LogP contribution is -2.33. The maximum atomic E-state index is 11.7. The summed E-state index contributed by atoms with van der Waals surface area (Å²) in [6.45, 7) is 8.88. The first-order valence-electron chi connectivity index (χ1n) is 5.72. The molecule has 1 unspecified atom stereocenters. The monoisotopic (exact) mass is 223 g/mol. The molecule has 4 heteroatoms. The molecule has 1 atom stereocenters. The molecule has 16 heavy (non-hydrogen) atoms. The van der Waals surface area contributed by atoms with E-state index in [1.165, 1.54) is 0 Å². The summed E-state index contributed by atoms with van der Waals surface area (Å²) >= 11 is 0. The molecule has 1 amide bonds. The highest BCUT2D eigenvalue weighted by Crippen LogP contribution is 2.04. The van der Waals surface area contributed by atoms with Crippen molar-refractivity contribution in [3.63, 3.8) is 0 Å². The average Bonchev–Trinajstić information content (AvgIpc) is 2.49. The molecule has 0 aliphatic heterocycles. The predicted molar refractivity (Wildman–Crippen MR) is 66.0 cm³/mol. The number of carbonyl (C=O) groups excluding carboxylic acids is 1. The Morgan fingerprint density at radius 3 is 2.44 bits per heavy atom. The summed E-state index contributed by atoms with van der Waals surface area (Å²) in [7, 11) is 0. The highest BCUT2D eigenvalue weighted by Gasteiger charge is 2.09. The third-order valence-corrected chi connectivity index (χ3v) is 2.55. The first kappa shape index (κ1) is 12.8. The Hall–Kier alpha value is -1.29. The molecule has 0 saturated carbocycles. The molecule has 0 aliphatic carbocycles. The number of hydrogen-bond donors (Lipinski definition) is 2. The molecule has 0 bridgehead atoms. The van der Waals surface area contributed by atoms with Crippen LogP contribution in [-0.4, -0.2) is 23.2 Å². The van der Waals surface area contributed by atoms with Crippen molar-refractivity contribution >= 4 is 5.91 Å². The van der Waals surface area contributed by atoms with Crippen LogP contribution in [0.15, 0.2) is 12.1 Å². The highest BCUT2D eigenvalue weighted by molar-refractivity contribution is 5.84. The first-order chi connectivity index (χ1) is 7.54. The Morgan fingerprint density at radius 2 is 1.94 bits per heavy atom. The van der Waals surface area contributed by atoms with Gasteiger partial charge in [-0.2, -0.15) is 0 Å². The molecule has 1 aromatic heterocycles. The van der Waals surface area contributed by atoms with Gasteiger partial charge < -0.3 is 5.32 Å². The molecule has 0 aliphatic rings. The van der Waals surface area contributed by atoms with E-state index in [2.05, 4.69) is 10.7 Å². The van der Waals surface area contributed by atoms with Gasteiger partial charge in [0.2, 0.25) is 5.91 Å². The third-order valence-electron chi connectivity index (χ3n) is 2.55. The lowest BCUT2D eigenvalue weighted by molar-refractivity contribution is -0.117. The van der Waals surface area contributed by atoms with E-state index < -0.39 is 0 Å². The molecule has 0 aromatic carbocycles. The summed E-state index contributed by atoms with van der Waals surface area (Å²) in [6.07, 6.45) is 0.491. The zero-order valence-electron chi connectivity index (χ0n) is 10.5. The minimum absolute atomic E-state index is 0.0378.